The van der Waals surface area contributed by atoms with Crippen LogP contribution in [0.3, 0.4) is 0 Å². The van der Waals surface area contributed by atoms with Crippen LogP contribution in [0.25, 0.3) is 0 Å². The van der Waals surface area contributed by atoms with E-state index in [-0.39, 0.29) is 12.4 Å². The Labute approximate surface area is 109 Å². The van der Waals surface area contributed by atoms with E-state index in [1.54, 1.807) is 18.2 Å². The largest absolute Gasteiger partial charge is 0.485 e. The van der Waals surface area contributed by atoms with E-state index in [0.717, 1.165) is 10.4 Å². The summed E-state index contributed by atoms with van der Waals surface area (Å²) in [6.07, 6.45) is 0. The summed E-state index contributed by atoms with van der Waals surface area (Å²) in [5.74, 6) is 0.657. The van der Waals surface area contributed by atoms with Crippen LogP contribution in [-0.2, 0) is 0 Å². The predicted molar refractivity (Wildman–Crippen MR) is 70.3 cm³/mol. The minimum atomic E-state index is -0.00685. The van der Waals surface area contributed by atoms with Crippen molar-refractivity contribution in [1.29, 1.82) is 0 Å². The van der Waals surface area contributed by atoms with Gasteiger partial charge in [0, 0.05) is 5.02 Å². The molecule has 0 saturated heterocycles. The lowest BCUT2D eigenvalue weighted by molar-refractivity contribution is 0.0925. The van der Waals surface area contributed by atoms with Crippen LogP contribution in [0.1, 0.15) is 15.2 Å². The summed E-state index contributed by atoms with van der Waals surface area (Å²) < 4.78 is 5.43. The van der Waals surface area contributed by atoms with Crippen molar-refractivity contribution in [2.24, 2.45) is 0 Å². The number of hydrogen-bond acceptors (Lipinski definition) is 3. The molecule has 1 aromatic carbocycles. The standard InChI is InChI=1S/C13H11ClO2S/c1-9-7-10(4-5-11(9)14)16-8-12(15)13-3-2-6-17-13/h2-7H,8H2,1H3. The van der Waals surface area contributed by atoms with Gasteiger partial charge in [-0.05, 0) is 42.1 Å². The number of ketones is 1. The Balaban J connectivity index is 1.98. The second kappa shape index (κ2) is 5.34. The molecule has 0 unspecified atom stereocenters. The number of halogens is 1. The van der Waals surface area contributed by atoms with Gasteiger partial charge in [0.2, 0.25) is 5.78 Å². The van der Waals surface area contributed by atoms with Gasteiger partial charge in [-0.1, -0.05) is 17.7 Å². The quantitative estimate of drug-likeness (QED) is 0.783. The predicted octanol–water partition coefficient (Wildman–Crippen LogP) is 3.97. The number of rotatable bonds is 4. The highest BCUT2D eigenvalue weighted by atomic mass is 35.5. The third kappa shape index (κ3) is 3.08. The SMILES string of the molecule is Cc1cc(OCC(=O)c2cccs2)ccc1Cl. The van der Waals surface area contributed by atoms with Crippen molar-refractivity contribution in [3.05, 3.63) is 51.2 Å². The second-order valence-corrected chi connectivity index (χ2v) is 4.96. The van der Waals surface area contributed by atoms with Crippen molar-refractivity contribution in [2.45, 2.75) is 6.92 Å². The van der Waals surface area contributed by atoms with Crippen molar-refractivity contribution in [3.63, 3.8) is 0 Å². The van der Waals surface area contributed by atoms with Crippen LogP contribution in [0.2, 0.25) is 5.02 Å². The highest BCUT2D eigenvalue weighted by molar-refractivity contribution is 7.12. The summed E-state index contributed by atoms with van der Waals surface area (Å²) in [5.41, 5.74) is 0.938. The van der Waals surface area contributed by atoms with Crippen molar-refractivity contribution >= 4 is 28.7 Å². The monoisotopic (exact) mass is 266 g/mol. The van der Waals surface area contributed by atoms with E-state index in [2.05, 4.69) is 0 Å². The Morgan fingerprint density at radius 1 is 1.41 bits per heavy atom. The normalized spacial score (nSPS) is 10.2. The molecule has 1 aromatic heterocycles. The van der Waals surface area contributed by atoms with Crippen LogP contribution in [0.5, 0.6) is 5.75 Å². The van der Waals surface area contributed by atoms with E-state index < -0.39 is 0 Å². The first-order valence-corrected chi connectivity index (χ1v) is 6.38. The number of carbonyl (C=O) groups excluding carboxylic acids is 1. The Morgan fingerprint density at radius 3 is 2.88 bits per heavy atom. The summed E-state index contributed by atoms with van der Waals surface area (Å²) in [6, 6.07) is 9.00. The summed E-state index contributed by atoms with van der Waals surface area (Å²) in [4.78, 5) is 12.4. The summed E-state index contributed by atoms with van der Waals surface area (Å²) in [7, 11) is 0. The van der Waals surface area contributed by atoms with E-state index in [4.69, 9.17) is 16.3 Å². The number of aryl methyl sites for hydroxylation is 1. The number of hydrogen-bond donors (Lipinski definition) is 0. The van der Waals surface area contributed by atoms with Crippen LogP contribution in [0, 0.1) is 6.92 Å². The zero-order chi connectivity index (χ0) is 12.3. The van der Waals surface area contributed by atoms with E-state index in [1.165, 1.54) is 11.3 Å². The molecule has 0 radical (unpaired) electrons. The molecule has 0 fully saturated rings. The molecule has 2 rings (SSSR count). The van der Waals surface area contributed by atoms with Gasteiger partial charge in [0.1, 0.15) is 5.75 Å². The maximum atomic E-state index is 11.7. The third-order valence-corrected chi connectivity index (χ3v) is 3.63. The molecule has 0 amide bonds. The molecule has 2 nitrogen and oxygen atoms in total. The second-order valence-electron chi connectivity index (χ2n) is 3.60. The topological polar surface area (TPSA) is 26.3 Å². The van der Waals surface area contributed by atoms with Crippen LogP contribution in [0.4, 0.5) is 0 Å². The lowest BCUT2D eigenvalue weighted by Crippen LogP contribution is -2.10. The van der Waals surface area contributed by atoms with Gasteiger partial charge in [-0.25, -0.2) is 0 Å². The van der Waals surface area contributed by atoms with E-state index in [1.807, 2.05) is 24.4 Å². The van der Waals surface area contributed by atoms with Crippen LogP contribution < -0.4 is 4.74 Å². The first kappa shape index (κ1) is 12.1. The van der Waals surface area contributed by atoms with Gasteiger partial charge in [-0.15, -0.1) is 11.3 Å². The van der Waals surface area contributed by atoms with Gasteiger partial charge in [-0.2, -0.15) is 0 Å². The number of ether oxygens (including phenoxy) is 1. The van der Waals surface area contributed by atoms with E-state index in [0.29, 0.717) is 10.8 Å². The van der Waals surface area contributed by atoms with Crippen LogP contribution in [0.15, 0.2) is 35.7 Å². The Morgan fingerprint density at radius 2 is 2.24 bits per heavy atom. The molecule has 1 heterocycles. The molecular weight excluding hydrogens is 256 g/mol. The molecule has 0 aliphatic rings. The van der Waals surface area contributed by atoms with Crippen LogP contribution >= 0.6 is 22.9 Å². The molecule has 0 N–H and O–H groups in total. The minimum absolute atomic E-state index is 0.00685. The van der Waals surface area contributed by atoms with Crippen molar-refractivity contribution in [3.8, 4) is 5.75 Å². The fourth-order valence-corrected chi connectivity index (χ4v) is 2.13. The van der Waals surface area contributed by atoms with Gasteiger partial charge >= 0.3 is 0 Å². The highest BCUT2D eigenvalue weighted by Crippen LogP contribution is 2.21. The lowest BCUT2D eigenvalue weighted by atomic mass is 10.2. The number of benzene rings is 1. The maximum Gasteiger partial charge on any atom is 0.210 e. The Bertz CT molecular complexity index is 520. The minimum Gasteiger partial charge on any atom is -0.485 e. The van der Waals surface area contributed by atoms with Gasteiger partial charge in [0.15, 0.2) is 6.61 Å². The Kier molecular flexibility index (Phi) is 3.82. The molecule has 0 aliphatic carbocycles. The average Bonchev–Trinajstić information content (AvgIpc) is 2.84. The first-order valence-electron chi connectivity index (χ1n) is 5.12. The van der Waals surface area contributed by atoms with Crippen molar-refractivity contribution in [1.82, 2.24) is 0 Å². The maximum absolute atomic E-state index is 11.7. The molecule has 4 heteroatoms. The summed E-state index contributed by atoms with van der Waals surface area (Å²) in [5, 5.41) is 2.57. The van der Waals surface area contributed by atoms with Crippen molar-refractivity contribution < 1.29 is 9.53 Å². The zero-order valence-corrected chi connectivity index (χ0v) is 10.8. The fraction of sp³-hybridized carbons (Fsp3) is 0.154. The van der Waals surface area contributed by atoms with Crippen LogP contribution in [-0.4, -0.2) is 12.4 Å². The van der Waals surface area contributed by atoms with E-state index >= 15 is 0 Å². The summed E-state index contributed by atoms with van der Waals surface area (Å²) in [6.45, 7) is 1.96. The van der Waals surface area contributed by atoms with Gasteiger partial charge in [0.05, 0.1) is 4.88 Å². The molecule has 17 heavy (non-hydrogen) atoms. The molecule has 88 valence electrons. The fourth-order valence-electron chi connectivity index (χ4n) is 1.36. The molecule has 0 spiro atoms. The highest BCUT2D eigenvalue weighted by Gasteiger charge is 2.07. The van der Waals surface area contributed by atoms with Crippen molar-refractivity contribution in [2.75, 3.05) is 6.61 Å². The van der Waals surface area contributed by atoms with Gasteiger partial charge in [0.25, 0.3) is 0 Å². The van der Waals surface area contributed by atoms with Gasteiger partial charge in [-0.3, -0.25) is 4.79 Å². The average molecular weight is 267 g/mol. The third-order valence-electron chi connectivity index (χ3n) is 2.30. The molecule has 0 atom stereocenters. The molecule has 0 saturated carbocycles. The molecule has 2 aromatic rings. The van der Waals surface area contributed by atoms with E-state index in [9.17, 15) is 4.79 Å². The first-order chi connectivity index (χ1) is 8.16. The number of carbonyl (C=O) groups is 1. The zero-order valence-electron chi connectivity index (χ0n) is 9.27. The molecular formula is C13H11ClO2S. The smallest absolute Gasteiger partial charge is 0.210 e. The lowest BCUT2D eigenvalue weighted by Gasteiger charge is -2.06. The molecule has 0 bridgehead atoms. The molecule has 0 aliphatic heterocycles. The van der Waals surface area contributed by atoms with Gasteiger partial charge < -0.3 is 4.74 Å². The summed E-state index contributed by atoms with van der Waals surface area (Å²) >= 11 is 7.32. The number of thiophene rings is 1. The Hall–Kier alpha value is -1.32. The number of Topliss-reactive ketones (excluding diaryl/α,β-unsaturated/α-hetero) is 1.